The van der Waals surface area contributed by atoms with Crippen molar-refractivity contribution in [2.75, 3.05) is 7.05 Å². The Hall–Kier alpha value is -3.98. The number of hydrogen-bond acceptors (Lipinski definition) is 6. The van der Waals surface area contributed by atoms with Gasteiger partial charge in [0.15, 0.2) is 0 Å². The van der Waals surface area contributed by atoms with Gasteiger partial charge < -0.3 is 10.6 Å². The van der Waals surface area contributed by atoms with E-state index in [2.05, 4.69) is 10.6 Å². The summed E-state index contributed by atoms with van der Waals surface area (Å²) in [7, 11) is 1.53. The van der Waals surface area contributed by atoms with E-state index in [1.807, 2.05) is 49.4 Å². The van der Waals surface area contributed by atoms with Crippen molar-refractivity contribution in [2.24, 2.45) is 0 Å². The molecule has 2 N–H and O–H groups in total. The highest BCUT2D eigenvalue weighted by Gasteiger charge is 2.38. The Labute approximate surface area is 225 Å². The first-order valence-corrected chi connectivity index (χ1v) is 13.2. The molecule has 0 radical (unpaired) electrons. The monoisotopic (exact) mass is 531 g/mol. The van der Waals surface area contributed by atoms with Crippen LogP contribution in [0.5, 0.6) is 0 Å². The van der Waals surface area contributed by atoms with Crippen LogP contribution in [0.15, 0.2) is 60.7 Å². The van der Waals surface area contributed by atoms with Crippen molar-refractivity contribution in [3.05, 3.63) is 82.9 Å². The second-order valence-electron chi connectivity index (χ2n) is 9.19. The van der Waals surface area contributed by atoms with Crippen molar-refractivity contribution < 1.29 is 24.0 Å². The van der Waals surface area contributed by atoms with E-state index < -0.39 is 23.8 Å². The van der Waals surface area contributed by atoms with Crippen LogP contribution < -0.4 is 10.6 Å². The molecule has 9 heteroatoms. The van der Waals surface area contributed by atoms with Gasteiger partial charge in [-0.2, -0.15) is 0 Å². The van der Waals surface area contributed by atoms with Crippen molar-refractivity contribution in [1.29, 1.82) is 0 Å². The summed E-state index contributed by atoms with van der Waals surface area (Å²) in [6.07, 6.45) is 1.47. The van der Waals surface area contributed by atoms with Gasteiger partial charge in [-0.3, -0.25) is 24.0 Å². The molecule has 1 aliphatic heterocycles. The molecule has 4 amide bonds. The molecular formula is C29H29N3O5S. The lowest BCUT2D eigenvalue weighted by Gasteiger charge is -2.22. The van der Waals surface area contributed by atoms with Crippen molar-refractivity contribution in [3.63, 3.8) is 0 Å². The molecule has 0 fully saturated rings. The van der Waals surface area contributed by atoms with Crippen molar-refractivity contribution >= 4 is 51.5 Å². The molecule has 0 aromatic heterocycles. The number of benzene rings is 3. The number of rotatable bonds is 9. The lowest BCUT2D eigenvalue weighted by Crippen LogP contribution is -2.48. The maximum absolute atomic E-state index is 13.5. The van der Waals surface area contributed by atoms with E-state index in [0.717, 1.165) is 20.6 Å². The first-order chi connectivity index (χ1) is 18.2. The zero-order valence-corrected chi connectivity index (χ0v) is 22.3. The Bertz CT molecular complexity index is 1440. The van der Waals surface area contributed by atoms with Crippen LogP contribution in [0.3, 0.4) is 0 Å². The molecule has 196 valence electrons. The van der Waals surface area contributed by atoms with Crippen LogP contribution >= 0.6 is 11.9 Å². The SMILES string of the molecule is CCC[C@H](C(=O)N[C@@H](Cc1ccc2ccccc2c1)C(=O)NC)c1ccc2c(c1)C(=O)N(SC(C)=O)C2=O. The van der Waals surface area contributed by atoms with Crippen LogP contribution in [0.1, 0.15) is 64.4 Å². The Morgan fingerprint density at radius 2 is 1.61 bits per heavy atom. The topological polar surface area (TPSA) is 113 Å². The molecule has 0 bridgehead atoms. The number of nitrogens with one attached hydrogen (secondary N) is 2. The second-order valence-corrected chi connectivity index (χ2v) is 10.3. The van der Waals surface area contributed by atoms with Crippen molar-refractivity contribution in [2.45, 2.75) is 45.1 Å². The summed E-state index contributed by atoms with van der Waals surface area (Å²) in [4.78, 5) is 63.2. The van der Waals surface area contributed by atoms with E-state index >= 15 is 0 Å². The summed E-state index contributed by atoms with van der Waals surface area (Å²) < 4.78 is 0.844. The quantitative estimate of drug-likeness (QED) is 0.319. The molecule has 3 aromatic carbocycles. The Morgan fingerprint density at radius 1 is 0.895 bits per heavy atom. The highest BCUT2D eigenvalue weighted by molar-refractivity contribution is 8.12. The summed E-state index contributed by atoms with van der Waals surface area (Å²) in [5, 5.41) is 7.29. The van der Waals surface area contributed by atoms with Gasteiger partial charge in [0.1, 0.15) is 6.04 Å². The molecule has 4 rings (SSSR count). The van der Waals surface area contributed by atoms with Crippen LogP contribution in [0, 0.1) is 0 Å². The Morgan fingerprint density at radius 3 is 2.29 bits per heavy atom. The molecule has 3 aromatic rings. The highest BCUT2D eigenvalue weighted by atomic mass is 32.2. The molecule has 0 aliphatic carbocycles. The average molecular weight is 532 g/mol. The lowest BCUT2D eigenvalue weighted by atomic mass is 9.90. The summed E-state index contributed by atoms with van der Waals surface area (Å²) in [5.41, 5.74) is 1.84. The zero-order valence-electron chi connectivity index (χ0n) is 21.4. The van der Waals surface area contributed by atoms with E-state index in [-0.39, 0.29) is 28.1 Å². The van der Waals surface area contributed by atoms with Crippen LogP contribution in [-0.4, -0.2) is 46.1 Å². The van der Waals surface area contributed by atoms with E-state index in [1.54, 1.807) is 12.1 Å². The number of nitrogens with zero attached hydrogens (tertiary/aromatic N) is 1. The second kappa shape index (κ2) is 11.6. The predicted octanol–water partition coefficient (Wildman–Crippen LogP) is 3.99. The minimum absolute atomic E-state index is 0.161. The predicted molar refractivity (Wildman–Crippen MR) is 147 cm³/mol. The summed E-state index contributed by atoms with van der Waals surface area (Å²) in [6.45, 7) is 3.22. The van der Waals surface area contributed by atoms with Gasteiger partial charge >= 0.3 is 0 Å². The van der Waals surface area contributed by atoms with Gasteiger partial charge in [-0.05, 0) is 40.5 Å². The maximum atomic E-state index is 13.5. The summed E-state index contributed by atoms with van der Waals surface area (Å²) in [6, 6.07) is 17.8. The van der Waals surface area contributed by atoms with E-state index in [0.29, 0.717) is 36.8 Å². The molecule has 1 heterocycles. The van der Waals surface area contributed by atoms with Crippen LogP contribution in [-0.2, 0) is 20.8 Å². The first kappa shape index (κ1) is 27.1. The van der Waals surface area contributed by atoms with E-state index in [4.69, 9.17) is 0 Å². The number of fused-ring (bicyclic) bond motifs is 2. The normalized spacial score (nSPS) is 14.2. The first-order valence-electron chi connectivity index (χ1n) is 12.4. The third-order valence-electron chi connectivity index (χ3n) is 6.52. The van der Waals surface area contributed by atoms with Gasteiger partial charge in [-0.15, -0.1) is 0 Å². The number of carbonyl (C=O) groups excluding carboxylic acids is 5. The average Bonchev–Trinajstić information content (AvgIpc) is 3.14. The third kappa shape index (κ3) is 5.62. The molecule has 0 spiro atoms. The molecule has 2 atom stereocenters. The largest absolute Gasteiger partial charge is 0.357 e. The molecule has 1 aliphatic rings. The zero-order chi connectivity index (χ0) is 27.4. The molecular weight excluding hydrogens is 502 g/mol. The minimum Gasteiger partial charge on any atom is -0.357 e. The molecule has 8 nitrogen and oxygen atoms in total. The molecule has 38 heavy (non-hydrogen) atoms. The van der Waals surface area contributed by atoms with E-state index in [9.17, 15) is 24.0 Å². The minimum atomic E-state index is -0.798. The van der Waals surface area contributed by atoms with Crippen LogP contribution in [0.2, 0.25) is 0 Å². The van der Waals surface area contributed by atoms with Gasteiger partial charge in [0.05, 0.1) is 17.0 Å². The number of carbonyl (C=O) groups is 5. The summed E-state index contributed by atoms with van der Waals surface area (Å²) in [5.74, 6) is -2.42. The van der Waals surface area contributed by atoms with E-state index in [1.165, 1.54) is 20.0 Å². The standard InChI is InChI=1S/C29H29N3O5S/c1-4-7-22(21-12-13-23-24(16-21)29(37)32(28(23)36)38-17(2)33)26(34)31-25(27(35)30-3)15-18-10-11-19-8-5-6-9-20(19)14-18/h5-6,8-14,16,22,25H,4,7,15H2,1-3H3,(H,30,35)(H,31,34)/t22-,25-/m0/s1. The third-order valence-corrected chi connectivity index (χ3v) is 7.29. The number of amides is 4. The fraction of sp³-hybridized carbons (Fsp3) is 0.276. The van der Waals surface area contributed by atoms with Gasteiger partial charge in [0, 0.05) is 32.3 Å². The molecule has 0 saturated heterocycles. The number of imide groups is 1. The fourth-order valence-corrected chi connectivity index (χ4v) is 5.28. The maximum Gasteiger partial charge on any atom is 0.272 e. The molecule has 0 saturated carbocycles. The van der Waals surface area contributed by atoms with Crippen molar-refractivity contribution in [3.8, 4) is 0 Å². The summed E-state index contributed by atoms with van der Waals surface area (Å²) >= 11 is 0.553. The van der Waals surface area contributed by atoms with Gasteiger partial charge in [0.2, 0.25) is 16.9 Å². The van der Waals surface area contributed by atoms with Crippen LogP contribution in [0.25, 0.3) is 10.8 Å². The van der Waals surface area contributed by atoms with Gasteiger partial charge in [-0.1, -0.05) is 61.9 Å². The highest BCUT2D eigenvalue weighted by Crippen LogP contribution is 2.32. The number of hydrogen-bond donors (Lipinski definition) is 2. The van der Waals surface area contributed by atoms with Crippen molar-refractivity contribution in [1.82, 2.24) is 14.9 Å². The van der Waals surface area contributed by atoms with Crippen LogP contribution in [0.4, 0.5) is 0 Å². The Kier molecular flexibility index (Phi) is 8.26. The fourth-order valence-electron chi connectivity index (χ4n) is 4.66. The lowest BCUT2D eigenvalue weighted by molar-refractivity contribution is -0.129. The smallest absolute Gasteiger partial charge is 0.272 e. The van der Waals surface area contributed by atoms with Gasteiger partial charge in [0.25, 0.3) is 11.8 Å². The van der Waals surface area contributed by atoms with Gasteiger partial charge in [-0.25, -0.2) is 4.31 Å². The number of likely N-dealkylation sites (N-methyl/N-ethyl adjacent to an activating group) is 1. The molecule has 0 unspecified atom stereocenters. The Balaban J connectivity index is 1.58.